The molecule has 0 saturated carbocycles. The van der Waals surface area contributed by atoms with E-state index in [-0.39, 0.29) is 12.6 Å². The van der Waals surface area contributed by atoms with Crippen molar-refractivity contribution in [3.05, 3.63) is 29.3 Å². The quantitative estimate of drug-likeness (QED) is 0.864. The molecule has 1 saturated heterocycles. The molecular weight excluding hydrogens is 224 g/mol. The van der Waals surface area contributed by atoms with Crippen molar-refractivity contribution in [1.82, 2.24) is 4.90 Å². The van der Waals surface area contributed by atoms with Gasteiger partial charge in [0.1, 0.15) is 0 Å². The molecule has 0 aromatic heterocycles. The first kappa shape index (κ1) is 13.4. The van der Waals surface area contributed by atoms with Gasteiger partial charge in [-0.3, -0.25) is 0 Å². The Kier molecular flexibility index (Phi) is 4.25. The number of anilines is 1. The lowest BCUT2D eigenvalue weighted by Crippen LogP contribution is -2.42. The largest absolute Gasteiger partial charge is 0.394 e. The molecule has 3 heteroatoms. The summed E-state index contributed by atoms with van der Waals surface area (Å²) in [6.07, 6.45) is 1.15. The van der Waals surface area contributed by atoms with Crippen LogP contribution in [0.25, 0.3) is 0 Å². The van der Waals surface area contributed by atoms with Crippen LogP contribution in [0.5, 0.6) is 0 Å². The standard InChI is InChI=1S/C15H24N2O/c1-12-5-6-14(9-13(12)2)17-8-4-7-16(3)10-15(17)11-18/h5-6,9,15,18H,4,7-8,10-11H2,1-3H3. The van der Waals surface area contributed by atoms with E-state index in [0.717, 1.165) is 26.1 Å². The zero-order valence-electron chi connectivity index (χ0n) is 11.7. The van der Waals surface area contributed by atoms with Gasteiger partial charge in [-0.05, 0) is 57.1 Å². The predicted molar refractivity (Wildman–Crippen MR) is 76.2 cm³/mol. The van der Waals surface area contributed by atoms with Crippen LogP contribution in [-0.2, 0) is 0 Å². The molecule has 2 rings (SSSR count). The molecule has 0 aliphatic carbocycles. The van der Waals surface area contributed by atoms with E-state index in [1.54, 1.807) is 0 Å². The Morgan fingerprint density at radius 1 is 1.22 bits per heavy atom. The summed E-state index contributed by atoms with van der Waals surface area (Å²) in [6, 6.07) is 6.80. The van der Waals surface area contributed by atoms with Gasteiger partial charge < -0.3 is 14.9 Å². The fourth-order valence-electron chi connectivity index (χ4n) is 2.64. The zero-order chi connectivity index (χ0) is 13.1. The summed E-state index contributed by atoms with van der Waals surface area (Å²) < 4.78 is 0. The number of rotatable bonds is 2. The molecule has 1 aromatic rings. The molecule has 18 heavy (non-hydrogen) atoms. The van der Waals surface area contributed by atoms with Crippen LogP contribution in [0, 0.1) is 13.8 Å². The van der Waals surface area contributed by atoms with Crippen molar-refractivity contribution in [2.45, 2.75) is 26.3 Å². The van der Waals surface area contributed by atoms with E-state index in [1.165, 1.54) is 16.8 Å². The van der Waals surface area contributed by atoms with Gasteiger partial charge in [0.05, 0.1) is 12.6 Å². The number of nitrogens with zero attached hydrogens (tertiary/aromatic N) is 2. The number of hydrogen-bond acceptors (Lipinski definition) is 3. The molecule has 1 fully saturated rings. The maximum absolute atomic E-state index is 9.62. The van der Waals surface area contributed by atoms with Crippen molar-refractivity contribution in [3.8, 4) is 0 Å². The molecular formula is C15H24N2O. The van der Waals surface area contributed by atoms with Gasteiger partial charge in [0, 0.05) is 18.8 Å². The lowest BCUT2D eigenvalue weighted by molar-refractivity contribution is 0.229. The molecule has 1 atom stereocenters. The van der Waals surface area contributed by atoms with Gasteiger partial charge in [-0.1, -0.05) is 6.07 Å². The number of aliphatic hydroxyl groups is 1. The predicted octanol–water partition coefficient (Wildman–Crippen LogP) is 1.81. The third kappa shape index (κ3) is 2.85. The fourth-order valence-corrected chi connectivity index (χ4v) is 2.64. The second kappa shape index (κ2) is 5.72. The minimum absolute atomic E-state index is 0.208. The monoisotopic (exact) mass is 248 g/mol. The van der Waals surface area contributed by atoms with Gasteiger partial charge >= 0.3 is 0 Å². The van der Waals surface area contributed by atoms with E-state index in [1.807, 2.05) is 0 Å². The minimum Gasteiger partial charge on any atom is -0.394 e. The Morgan fingerprint density at radius 2 is 2.00 bits per heavy atom. The lowest BCUT2D eigenvalue weighted by atomic mass is 10.1. The SMILES string of the molecule is Cc1ccc(N2CCCN(C)CC2CO)cc1C. The van der Waals surface area contributed by atoms with E-state index in [4.69, 9.17) is 0 Å². The number of benzene rings is 1. The number of aryl methyl sites for hydroxylation is 2. The maximum Gasteiger partial charge on any atom is 0.0647 e. The topological polar surface area (TPSA) is 26.7 Å². The summed E-state index contributed by atoms with van der Waals surface area (Å²) in [5, 5.41) is 9.62. The van der Waals surface area contributed by atoms with Crippen LogP contribution in [0.3, 0.4) is 0 Å². The first-order valence-electron chi connectivity index (χ1n) is 6.75. The smallest absolute Gasteiger partial charge is 0.0647 e. The minimum atomic E-state index is 0.208. The highest BCUT2D eigenvalue weighted by atomic mass is 16.3. The van der Waals surface area contributed by atoms with Gasteiger partial charge in [0.15, 0.2) is 0 Å². The highest BCUT2D eigenvalue weighted by Gasteiger charge is 2.23. The van der Waals surface area contributed by atoms with Crippen LogP contribution in [0.4, 0.5) is 5.69 Å². The van der Waals surface area contributed by atoms with Crippen molar-refractivity contribution in [2.75, 3.05) is 38.2 Å². The van der Waals surface area contributed by atoms with Gasteiger partial charge in [0.25, 0.3) is 0 Å². The normalized spacial score (nSPS) is 22.0. The van der Waals surface area contributed by atoms with Crippen LogP contribution in [0.15, 0.2) is 18.2 Å². The maximum atomic E-state index is 9.62. The second-order valence-electron chi connectivity index (χ2n) is 5.41. The van der Waals surface area contributed by atoms with Crippen molar-refractivity contribution in [2.24, 2.45) is 0 Å². The summed E-state index contributed by atoms with van der Waals surface area (Å²) >= 11 is 0. The summed E-state index contributed by atoms with van der Waals surface area (Å²) in [7, 11) is 2.13. The fraction of sp³-hybridized carbons (Fsp3) is 0.600. The Balaban J connectivity index is 2.25. The number of aliphatic hydroxyl groups excluding tert-OH is 1. The molecule has 0 radical (unpaired) electrons. The first-order chi connectivity index (χ1) is 8.61. The van der Waals surface area contributed by atoms with Crippen molar-refractivity contribution < 1.29 is 5.11 Å². The summed E-state index contributed by atoms with van der Waals surface area (Å²) in [5.41, 5.74) is 3.89. The Bertz CT molecular complexity index is 405. The Labute approximate surface area is 110 Å². The molecule has 0 bridgehead atoms. The summed E-state index contributed by atoms with van der Waals surface area (Å²) in [4.78, 5) is 4.66. The summed E-state index contributed by atoms with van der Waals surface area (Å²) in [6.45, 7) is 7.58. The first-order valence-corrected chi connectivity index (χ1v) is 6.75. The molecule has 1 aliphatic rings. The molecule has 0 spiro atoms. The third-order valence-electron chi connectivity index (χ3n) is 3.93. The van der Waals surface area contributed by atoms with Crippen LogP contribution < -0.4 is 4.90 Å². The van der Waals surface area contributed by atoms with Crippen molar-refractivity contribution in [1.29, 1.82) is 0 Å². The highest BCUT2D eigenvalue weighted by molar-refractivity contribution is 5.51. The highest BCUT2D eigenvalue weighted by Crippen LogP contribution is 2.23. The van der Waals surface area contributed by atoms with Gasteiger partial charge in [-0.25, -0.2) is 0 Å². The summed E-state index contributed by atoms with van der Waals surface area (Å²) in [5.74, 6) is 0. The lowest BCUT2D eigenvalue weighted by Gasteiger charge is -2.32. The van der Waals surface area contributed by atoms with E-state index in [0.29, 0.717) is 0 Å². The molecule has 0 amide bonds. The Hall–Kier alpha value is -1.06. The van der Waals surface area contributed by atoms with E-state index >= 15 is 0 Å². The zero-order valence-corrected chi connectivity index (χ0v) is 11.7. The molecule has 1 heterocycles. The molecule has 1 unspecified atom stereocenters. The molecule has 1 aliphatic heterocycles. The van der Waals surface area contributed by atoms with E-state index < -0.39 is 0 Å². The van der Waals surface area contributed by atoms with Crippen LogP contribution in [0.1, 0.15) is 17.5 Å². The van der Waals surface area contributed by atoms with E-state index in [2.05, 4.69) is 48.9 Å². The molecule has 100 valence electrons. The Morgan fingerprint density at radius 3 is 2.67 bits per heavy atom. The van der Waals surface area contributed by atoms with Gasteiger partial charge in [-0.2, -0.15) is 0 Å². The van der Waals surface area contributed by atoms with Crippen LogP contribution in [-0.4, -0.2) is 49.3 Å². The average molecular weight is 248 g/mol. The van der Waals surface area contributed by atoms with Crippen molar-refractivity contribution in [3.63, 3.8) is 0 Å². The van der Waals surface area contributed by atoms with Crippen molar-refractivity contribution >= 4 is 5.69 Å². The molecule has 1 N–H and O–H groups in total. The van der Waals surface area contributed by atoms with E-state index in [9.17, 15) is 5.11 Å². The number of likely N-dealkylation sites (N-methyl/N-ethyl adjacent to an activating group) is 1. The second-order valence-corrected chi connectivity index (χ2v) is 5.41. The van der Waals surface area contributed by atoms with Gasteiger partial charge in [-0.15, -0.1) is 0 Å². The van der Waals surface area contributed by atoms with Gasteiger partial charge in [0.2, 0.25) is 0 Å². The average Bonchev–Trinajstić information content (AvgIpc) is 2.54. The molecule has 1 aromatic carbocycles. The van der Waals surface area contributed by atoms with Crippen LogP contribution in [0.2, 0.25) is 0 Å². The third-order valence-corrected chi connectivity index (χ3v) is 3.93. The molecule has 3 nitrogen and oxygen atoms in total. The number of hydrogen-bond donors (Lipinski definition) is 1. The van der Waals surface area contributed by atoms with Crippen LogP contribution >= 0.6 is 0 Å².